The molecular formula is C6H8N4OS. The van der Waals surface area contributed by atoms with Crippen LogP contribution in [-0.4, -0.2) is 21.6 Å². The number of rotatable bonds is 3. The molecule has 0 saturated carbocycles. The molecule has 1 rings (SSSR count). The predicted octanol–water partition coefficient (Wildman–Crippen LogP) is -0.364. The zero-order valence-corrected chi connectivity index (χ0v) is 7.04. The van der Waals surface area contributed by atoms with Crippen molar-refractivity contribution < 1.29 is 4.79 Å². The second-order valence-electron chi connectivity index (χ2n) is 2.03. The highest BCUT2D eigenvalue weighted by molar-refractivity contribution is 7.99. The zero-order chi connectivity index (χ0) is 8.97. The van der Waals surface area contributed by atoms with Crippen molar-refractivity contribution in [2.75, 3.05) is 11.5 Å². The lowest BCUT2D eigenvalue weighted by Gasteiger charge is -1.96. The van der Waals surface area contributed by atoms with E-state index >= 15 is 0 Å². The van der Waals surface area contributed by atoms with Crippen LogP contribution < -0.4 is 11.5 Å². The monoisotopic (exact) mass is 184 g/mol. The van der Waals surface area contributed by atoms with Gasteiger partial charge in [-0.2, -0.15) is 0 Å². The van der Waals surface area contributed by atoms with Crippen molar-refractivity contribution in [3.63, 3.8) is 0 Å². The minimum atomic E-state index is -0.376. The third-order valence-corrected chi connectivity index (χ3v) is 1.95. The van der Waals surface area contributed by atoms with Crippen LogP contribution in [0.5, 0.6) is 0 Å². The van der Waals surface area contributed by atoms with Gasteiger partial charge in [0.25, 0.3) is 0 Å². The largest absolute Gasteiger partial charge is 0.382 e. The molecule has 12 heavy (non-hydrogen) atoms. The van der Waals surface area contributed by atoms with Crippen molar-refractivity contribution in [2.45, 2.75) is 5.03 Å². The van der Waals surface area contributed by atoms with Gasteiger partial charge < -0.3 is 11.5 Å². The van der Waals surface area contributed by atoms with Gasteiger partial charge in [0.1, 0.15) is 10.8 Å². The maximum atomic E-state index is 10.4. The molecule has 0 fully saturated rings. The molecule has 0 atom stereocenters. The van der Waals surface area contributed by atoms with Crippen LogP contribution in [0.1, 0.15) is 0 Å². The molecule has 0 saturated heterocycles. The number of nitrogens with two attached hydrogens (primary N) is 2. The molecular weight excluding hydrogens is 176 g/mol. The first-order chi connectivity index (χ1) is 5.68. The van der Waals surface area contributed by atoms with Crippen LogP contribution in [0, 0.1) is 0 Å². The van der Waals surface area contributed by atoms with Gasteiger partial charge in [0.2, 0.25) is 5.91 Å². The number of hydrogen-bond donors (Lipinski definition) is 2. The molecule has 4 N–H and O–H groups in total. The standard InChI is InChI=1S/C6H8N4OS/c7-4-1-10-6(2-9-4)12-3-5(8)11/h1-2H,3H2,(H2,7,9)(H2,8,11). The summed E-state index contributed by atoms with van der Waals surface area (Å²) in [5.74, 6) is 0.190. The van der Waals surface area contributed by atoms with Gasteiger partial charge in [-0.3, -0.25) is 4.79 Å². The second kappa shape index (κ2) is 3.91. The molecule has 1 aromatic rings. The molecule has 1 amide bonds. The highest BCUT2D eigenvalue weighted by atomic mass is 32.2. The summed E-state index contributed by atoms with van der Waals surface area (Å²) in [4.78, 5) is 18.1. The number of amides is 1. The van der Waals surface area contributed by atoms with Crippen molar-refractivity contribution in [2.24, 2.45) is 5.73 Å². The Morgan fingerprint density at radius 3 is 2.75 bits per heavy atom. The Morgan fingerprint density at radius 1 is 1.50 bits per heavy atom. The number of nitrogen functional groups attached to an aromatic ring is 1. The molecule has 0 spiro atoms. The summed E-state index contributed by atoms with van der Waals surface area (Å²) in [6.07, 6.45) is 2.94. The van der Waals surface area contributed by atoms with Gasteiger partial charge in [-0.05, 0) is 0 Å². The number of anilines is 1. The number of carbonyl (C=O) groups excluding carboxylic acids is 1. The van der Waals surface area contributed by atoms with E-state index in [2.05, 4.69) is 9.97 Å². The quantitative estimate of drug-likeness (QED) is 0.625. The summed E-state index contributed by atoms with van der Waals surface area (Å²) in [6.45, 7) is 0. The fraction of sp³-hybridized carbons (Fsp3) is 0.167. The molecule has 1 aromatic heterocycles. The Kier molecular flexibility index (Phi) is 2.87. The lowest BCUT2D eigenvalue weighted by Crippen LogP contribution is -2.13. The van der Waals surface area contributed by atoms with E-state index in [1.54, 1.807) is 0 Å². The van der Waals surface area contributed by atoms with Crippen molar-refractivity contribution in [1.29, 1.82) is 0 Å². The lowest BCUT2D eigenvalue weighted by atomic mass is 10.7. The second-order valence-corrected chi connectivity index (χ2v) is 3.03. The van der Waals surface area contributed by atoms with Crippen LogP contribution in [0.15, 0.2) is 17.4 Å². The van der Waals surface area contributed by atoms with Gasteiger partial charge in [-0.15, -0.1) is 0 Å². The maximum Gasteiger partial charge on any atom is 0.227 e. The van der Waals surface area contributed by atoms with Crippen LogP contribution in [0.25, 0.3) is 0 Å². The zero-order valence-electron chi connectivity index (χ0n) is 6.23. The van der Waals surface area contributed by atoms with E-state index in [1.165, 1.54) is 24.2 Å². The number of thioether (sulfide) groups is 1. The van der Waals surface area contributed by atoms with E-state index in [0.717, 1.165) is 0 Å². The third-order valence-electron chi connectivity index (χ3n) is 1.01. The molecule has 0 unspecified atom stereocenters. The molecule has 5 nitrogen and oxygen atoms in total. The van der Waals surface area contributed by atoms with Gasteiger partial charge in [0.15, 0.2) is 0 Å². The summed E-state index contributed by atoms with van der Waals surface area (Å²) in [5, 5.41) is 0.642. The van der Waals surface area contributed by atoms with Crippen LogP contribution in [0.3, 0.4) is 0 Å². The van der Waals surface area contributed by atoms with Crippen molar-refractivity contribution >= 4 is 23.5 Å². The van der Waals surface area contributed by atoms with Crippen molar-refractivity contribution in [3.05, 3.63) is 12.4 Å². The number of carbonyl (C=O) groups is 1. The van der Waals surface area contributed by atoms with E-state index in [9.17, 15) is 4.79 Å². The normalized spacial score (nSPS) is 9.67. The van der Waals surface area contributed by atoms with Crippen LogP contribution >= 0.6 is 11.8 Å². The molecule has 6 heteroatoms. The molecule has 0 radical (unpaired) electrons. The van der Waals surface area contributed by atoms with E-state index in [1.807, 2.05) is 0 Å². The fourth-order valence-corrected chi connectivity index (χ4v) is 1.09. The SMILES string of the molecule is NC(=O)CSc1cnc(N)cn1. The molecule has 0 aliphatic carbocycles. The highest BCUT2D eigenvalue weighted by Crippen LogP contribution is 2.12. The molecule has 1 heterocycles. The molecule has 0 aromatic carbocycles. The highest BCUT2D eigenvalue weighted by Gasteiger charge is 1.98. The molecule has 0 aliphatic rings. The Bertz CT molecular complexity index is 273. The molecule has 64 valence electrons. The smallest absolute Gasteiger partial charge is 0.227 e. The Morgan fingerprint density at radius 2 is 2.25 bits per heavy atom. The average molecular weight is 184 g/mol. The van der Waals surface area contributed by atoms with E-state index in [-0.39, 0.29) is 11.7 Å². The number of aromatic nitrogens is 2. The van der Waals surface area contributed by atoms with Gasteiger partial charge in [0.05, 0.1) is 18.1 Å². The third kappa shape index (κ3) is 2.75. The molecule has 0 bridgehead atoms. The van der Waals surface area contributed by atoms with Gasteiger partial charge in [-0.1, -0.05) is 11.8 Å². The van der Waals surface area contributed by atoms with E-state index in [4.69, 9.17) is 11.5 Å². The Labute approximate surface area is 73.6 Å². The number of primary amides is 1. The predicted molar refractivity (Wildman–Crippen MR) is 46.4 cm³/mol. The Balaban J connectivity index is 2.53. The first-order valence-electron chi connectivity index (χ1n) is 3.17. The average Bonchev–Trinajstić information content (AvgIpc) is 2.03. The van der Waals surface area contributed by atoms with Crippen molar-refractivity contribution in [3.8, 4) is 0 Å². The Hall–Kier alpha value is -1.30. The molecule has 0 aliphatic heterocycles. The maximum absolute atomic E-state index is 10.4. The van der Waals surface area contributed by atoms with Gasteiger partial charge >= 0.3 is 0 Å². The first kappa shape index (κ1) is 8.79. The van der Waals surface area contributed by atoms with Gasteiger partial charge in [-0.25, -0.2) is 9.97 Å². The fourth-order valence-electron chi connectivity index (χ4n) is 0.546. The first-order valence-corrected chi connectivity index (χ1v) is 4.15. The van der Waals surface area contributed by atoms with Gasteiger partial charge in [0, 0.05) is 0 Å². The number of hydrogen-bond acceptors (Lipinski definition) is 5. The lowest BCUT2D eigenvalue weighted by molar-refractivity contribution is -0.115. The summed E-state index contributed by atoms with van der Waals surface area (Å²) in [7, 11) is 0. The summed E-state index contributed by atoms with van der Waals surface area (Å²) >= 11 is 1.23. The van der Waals surface area contributed by atoms with E-state index in [0.29, 0.717) is 10.8 Å². The van der Waals surface area contributed by atoms with Crippen LogP contribution in [0.4, 0.5) is 5.82 Å². The van der Waals surface area contributed by atoms with Crippen LogP contribution in [0.2, 0.25) is 0 Å². The minimum Gasteiger partial charge on any atom is -0.382 e. The van der Waals surface area contributed by atoms with Crippen molar-refractivity contribution in [1.82, 2.24) is 9.97 Å². The topological polar surface area (TPSA) is 94.9 Å². The van der Waals surface area contributed by atoms with Crippen LogP contribution in [-0.2, 0) is 4.79 Å². The number of nitrogens with zero attached hydrogens (tertiary/aromatic N) is 2. The summed E-state index contributed by atoms with van der Waals surface area (Å²) < 4.78 is 0. The summed E-state index contributed by atoms with van der Waals surface area (Å²) in [5.41, 5.74) is 10.2. The van der Waals surface area contributed by atoms with E-state index < -0.39 is 0 Å². The minimum absolute atomic E-state index is 0.207. The summed E-state index contributed by atoms with van der Waals surface area (Å²) in [6, 6.07) is 0.